The molecule has 0 bridgehead atoms. The van der Waals surface area contributed by atoms with Crippen LogP contribution in [0.4, 0.5) is 5.69 Å². The molecule has 6 nitrogen and oxygen atoms in total. The van der Waals surface area contributed by atoms with Crippen molar-refractivity contribution in [2.24, 2.45) is 0 Å². The first-order valence-electron chi connectivity index (χ1n) is 6.55. The summed E-state index contributed by atoms with van der Waals surface area (Å²) in [5.41, 5.74) is 0.982. The van der Waals surface area contributed by atoms with Crippen LogP contribution in [0.5, 0.6) is 0 Å². The zero-order chi connectivity index (χ0) is 15.7. The minimum absolute atomic E-state index is 0.166. The molecule has 0 saturated heterocycles. The molecular weight excluding hydrogens is 290 g/mol. The molecule has 0 fully saturated rings. The van der Waals surface area contributed by atoms with E-state index in [1.54, 1.807) is 38.3 Å². The molecule has 114 valence electrons. The zero-order valence-electron chi connectivity index (χ0n) is 12.1. The Bertz CT molecular complexity index is 520. The van der Waals surface area contributed by atoms with Gasteiger partial charge in [0.1, 0.15) is 0 Å². The number of carbonyl (C=O) groups is 2. The number of hydrogen-bond donors (Lipinski definition) is 3. The zero-order valence-corrected chi connectivity index (χ0v) is 12.9. The van der Waals surface area contributed by atoms with E-state index in [9.17, 15) is 9.59 Å². The molecule has 0 radical (unpaired) electrons. The molecule has 0 spiro atoms. The molecule has 3 N–H and O–H groups in total. The lowest BCUT2D eigenvalue weighted by Crippen LogP contribution is -2.34. The molecule has 0 atom stereocenters. The van der Waals surface area contributed by atoms with Gasteiger partial charge in [-0.25, -0.2) is 0 Å². The Morgan fingerprint density at radius 3 is 2.67 bits per heavy atom. The summed E-state index contributed by atoms with van der Waals surface area (Å²) >= 11 is 5.04. The Morgan fingerprint density at radius 1 is 1.29 bits per heavy atom. The molecule has 0 aliphatic heterocycles. The lowest BCUT2D eigenvalue weighted by atomic mass is 10.1. The van der Waals surface area contributed by atoms with Crippen LogP contribution in [0.1, 0.15) is 23.7 Å². The van der Waals surface area contributed by atoms with E-state index in [1.807, 2.05) is 0 Å². The minimum atomic E-state index is -0.236. The fourth-order valence-electron chi connectivity index (χ4n) is 1.52. The van der Waals surface area contributed by atoms with Crippen molar-refractivity contribution in [2.45, 2.75) is 13.3 Å². The number of rotatable bonds is 6. The predicted molar refractivity (Wildman–Crippen MR) is 85.3 cm³/mol. The van der Waals surface area contributed by atoms with E-state index in [0.717, 1.165) is 0 Å². The number of para-hydroxylation sites is 1. The first-order chi connectivity index (χ1) is 10.1. The fraction of sp³-hybridized carbons (Fsp3) is 0.357. The highest BCUT2D eigenvalue weighted by atomic mass is 32.1. The van der Waals surface area contributed by atoms with E-state index in [4.69, 9.17) is 17.0 Å². The maximum absolute atomic E-state index is 12.1. The molecule has 1 aromatic rings. The summed E-state index contributed by atoms with van der Waals surface area (Å²) in [5.74, 6) is -0.422. The van der Waals surface area contributed by atoms with Crippen LogP contribution in [-0.4, -0.2) is 37.2 Å². The Kier molecular flexibility index (Phi) is 7.34. The van der Waals surface area contributed by atoms with Crippen molar-refractivity contribution in [1.29, 1.82) is 0 Å². The van der Waals surface area contributed by atoms with Gasteiger partial charge in [-0.15, -0.1) is 0 Å². The normalized spacial score (nSPS) is 9.81. The quantitative estimate of drug-likeness (QED) is 0.545. The van der Waals surface area contributed by atoms with E-state index in [2.05, 4.69) is 16.0 Å². The van der Waals surface area contributed by atoms with Crippen LogP contribution in [-0.2, 0) is 9.53 Å². The molecule has 21 heavy (non-hydrogen) atoms. The van der Waals surface area contributed by atoms with Crippen molar-refractivity contribution in [3.8, 4) is 0 Å². The van der Waals surface area contributed by atoms with Gasteiger partial charge in [0.2, 0.25) is 5.91 Å². The maximum atomic E-state index is 12.1. The number of amides is 2. The molecule has 0 aliphatic rings. The number of carbonyl (C=O) groups excluding carboxylic acids is 2. The summed E-state index contributed by atoms with van der Waals surface area (Å²) in [6.07, 6.45) is 0.334. The maximum Gasteiger partial charge on any atom is 0.253 e. The van der Waals surface area contributed by atoms with Gasteiger partial charge < -0.3 is 20.7 Å². The van der Waals surface area contributed by atoms with Gasteiger partial charge in [0, 0.05) is 20.1 Å². The monoisotopic (exact) mass is 309 g/mol. The van der Waals surface area contributed by atoms with Gasteiger partial charge in [-0.2, -0.15) is 0 Å². The molecule has 1 aromatic carbocycles. The topological polar surface area (TPSA) is 79.5 Å². The van der Waals surface area contributed by atoms with Gasteiger partial charge in [0.15, 0.2) is 5.11 Å². The van der Waals surface area contributed by atoms with Crippen LogP contribution in [0, 0.1) is 0 Å². The van der Waals surface area contributed by atoms with Crippen LogP contribution in [0.25, 0.3) is 0 Å². The first kappa shape index (κ1) is 17.1. The number of methoxy groups -OCH3 is 1. The van der Waals surface area contributed by atoms with Crippen LogP contribution >= 0.6 is 12.2 Å². The smallest absolute Gasteiger partial charge is 0.253 e. The second-order valence-electron chi connectivity index (χ2n) is 4.15. The van der Waals surface area contributed by atoms with E-state index >= 15 is 0 Å². The molecular formula is C14H19N3O3S. The van der Waals surface area contributed by atoms with Crippen molar-refractivity contribution in [1.82, 2.24) is 10.6 Å². The molecule has 1 rings (SSSR count). The molecule has 0 aromatic heterocycles. The standard InChI is InChI=1S/C14H19N3O3S/c1-3-12(18)17-14(21)16-11-7-5-4-6-10(11)13(19)15-8-9-20-2/h4-7H,3,8-9H2,1-2H3,(H,15,19)(H2,16,17,18,21). The lowest BCUT2D eigenvalue weighted by Gasteiger charge is -2.13. The van der Waals surface area contributed by atoms with E-state index in [0.29, 0.717) is 30.8 Å². The Morgan fingerprint density at radius 2 is 2.00 bits per heavy atom. The van der Waals surface area contributed by atoms with Crippen molar-refractivity contribution in [3.63, 3.8) is 0 Å². The van der Waals surface area contributed by atoms with Gasteiger partial charge in [-0.1, -0.05) is 19.1 Å². The van der Waals surface area contributed by atoms with Gasteiger partial charge in [-0.3, -0.25) is 9.59 Å². The van der Waals surface area contributed by atoms with Crippen LogP contribution in [0.3, 0.4) is 0 Å². The highest BCUT2D eigenvalue weighted by molar-refractivity contribution is 7.80. The largest absolute Gasteiger partial charge is 0.383 e. The molecule has 0 heterocycles. The summed E-state index contributed by atoms with van der Waals surface area (Å²) in [4.78, 5) is 23.3. The summed E-state index contributed by atoms with van der Waals surface area (Å²) in [7, 11) is 1.57. The van der Waals surface area contributed by atoms with Crippen LogP contribution in [0.2, 0.25) is 0 Å². The Hall–Kier alpha value is -1.99. The first-order valence-corrected chi connectivity index (χ1v) is 6.96. The molecule has 0 unspecified atom stereocenters. The van der Waals surface area contributed by atoms with Crippen molar-refractivity contribution in [3.05, 3.63) is 29.8 Å². The number of anilines is 1. The molecule has 0 saturated carbocycles. The number of nitrogens with one attached hydrogen (secondary N) is 3. The third-order valence-electron chi connectivity index (χ3n) is 2.59. The average molecular weight is 309 g/mol. The molecule has 2 amide bonds. The lowest BCUT2D eigenvalue weighted by molar-refractivity contribution is -0.119. The highest BCUT2D eigenvalue weighted by Gasteiger charge is 2.12. The minimum Gasteiger partial charge on any atom is -0.383 e. The third kappa shape index (κ3) is 5.88. The van der Waals surface area contributed by atoms with Crippen LogP contribution < -0.4 is 16.0 Å². The molecule has 7 heteroatoms. The summed E-state index contributed by atoms with van der Waals surface area (Å²) < 4.78 is 4.88. The number of benzene rings is 1. The summed E-state index contributed by atoms with van der Waals surface area (Å²) in [6.45, 7) is 2.59. The highest BCUT2D eigenvalue weighted by Crippen LogP contribution is 2.14. The SMILES string of the molecule is CCC(=O)NC(=S)Nc1ccccc1C(=O)NCCOC. The second-order valence-corrected chi connectivity index (χ2v) is 4.56. The van der Waals surface area contributed by atoms with Gasteiger partial charge >= 0.3 is 0 Å². The van der Waals surface area contributed by atoms with Crippen LogP contribution in [0.15, 0.2) is 24.3 Å². The number of ether oxygens (including phenoxy) is 1. The van der Waals surface area contributed by atoms with E-state index in [-0.39, 0.29) is 16.9 Å². The van der Waals surface area contributed by atoms with Crippen molar-refractivity contribution >= 4 is 34.8 Å². The third-order valence-corrected chi connectivity index (χ3v) is 2.79. The summed E-state index contributed by atoms with van der Waals surface area (Å²) in [6, 6.07) is 6.92. The average Bonchev–Trinajstić information content (AvgIpc) is 2.47. The Balaban J connectivity index is 2.72. The van der Waals surface area contributed by atoms with E-state index in [1.165, 1.54) is 0 Å². The van der Waals surface area contributed by atoms with Crippen molar-refractivity contribution < 1.29 is 14.3 Å². The number of thiocarbonyl (C=S) groups is 1. The summed E-state index contributed by atoms with van der Waals surface area (Å²) in [5, 5.41) is 8.28. The van der Waals surface area contributed by atoms with Gasteiger partial charge in [0.05, 0.1) is 17.9 Å². The van der Waals surface area contributed by atoms with E-state index < -0.39 is 0 Å². The molecule has 0 aliphatic carbocycles. The second kappa shape index (κ2) is 9.04. The fourth-order valence-corrected chi connectivity index (χ4v) is 1.74. The van der Waals surface area contributed by atoms with Crippen molar-refractivity contribution in [2.75, 3.05) is 25.6 Å². The Labute approximate surface area is 129 Å². The van der Waals surface area contributed by atoms with Gasteiger partial charge in [0.25, 0.3) is 5.91 Å². The predicted octanol–water partition coefficient (Wildman–Crippen LogP) is 1.29. The number of hydrogen-bond acceptors (Lipinski definition) is 4. The van der Waals surface area contributed by atoms with Gasteiger partial charge in [-0.05, 0) is 24.4 Å².